The lowest BCUT2D eigenvalue weighted by atomic mass is 10.1. The number of hydrogen-bond acceptors (Lipinski definition) is 7. The summed E-state index contributed by atoms with van der Waals surface area (Å²) in [4.78, 5) is 54.4. The Bertz CT molecular complexity index is 1800. The standard InChI is InChI=1S/C33H24IN3O6S/c34-22-10-12-24(13-11-22)37-30(38)18-29(33(37)41)44-25-8-4-7-23(17-25)35-32(40)26(36-31(39)21-5-2-1-3-6-21)15-20-9-14-27-28(16-20)43-19-42-27/h1-17,29H,18-19H2,(H,35,40)(H,36,39)/b26-15-/t29-/m1/s1. The van der Waals surface area contributed by atoms with E-state index in [2.05, 4.69) is 33.2 Å². The van der Waals surface area contributed by atoms with E-state index in [0.717, 1.165) is 3.57 Å². The maximum absolute atomic E-state index is 13.5. The minimum Gasteiger partial charge on any atom is -0.454 e. The van der Waals surface area contributed by atoms with Crippen molar-refractivity contribution in [2.45, 2.75) is 16.6 Å². The van der Waals surface area contributed by atoms with E-state index in [9.17, 15) is 19.2 Å². The van der Waals surface area contributed by atoms with E-state index in [1.165, 1.54) is 16.7 Å². The molecule has 4 amide bonds. The number of hydrogen-bond donors (Lipinski definition) is 2. The van der Waals surface area contributed by atoms with Gasteiger partial charge in [-0.3, -0.25) is 19.2 Å². The third-order valence-corrected chi connectivity index (χ3v) is 8.69. The maximum atomic E-state index is 13.5. The lowest BCUT2D eigenvalue weighted by Crippen LogP contribution is -2.31. The molecule has 4 aromatic carbocycles. The second kappa shape index (κ2) is 12.9. The summed E-state index contributed by atoms with van der Waals surface area (Å²) < 4.78 is 11.8. The Morgan fingerprint density at radius 1 is 0.886 bits per heavy atom. The molecule has 4 aromatic rings. The van der Waals surface area contributed by atoms with E-state index >= 15 is 0 Å². The number of nitrogens with zero attached hydrogens (tertiary/aromatic N) is 1. The lowest BCUT2D eigenvalue weighted by molar-refractivity contribution is -0.121. The summed E-state index contributed by atoms with van der Waals surface area (Å²) in [6.45, 7) is 0.110. The van der Waals surface area contributed by atoms with Crippen LogP contribution in [0.15, 0.2) is 108 Å². The smallest absolute Gasteiger partial charge is 0.272 e. The summed E-state index contributed by atoms with van der Waals surface area (Å²) in [6.07, 6.45) is 1.62. The van der Waals surface area contributed by atoms with E-state index in [4.69, 9.17) is 9.47 Å². The van der Waals surface area contributed by atoms with Crippen LogP contribution in [0.25, 0.3) is 6.08 Å². The predicted molar refractivity (Wildman–Crippen MR) is 175 cm³/mol. The third kappa shape index (κ3) is 6.63. The molecule has 0 saturated carbocycles. The Hall–Kier alpha value is -4.62. The van der Waals surface area contributed by atoms with Gasteiger partial charge in [-0.2, -0.15) is 0 Å². The first-order chi connectivity index (χ1) is 21.3. The molecule has 0 unspecified atom stereocenters. The highest BCUT2D eigenvalue weighted by molar-refractivity contribution is 14.1. The van der Waals surface area contributed by atoms with Gasteiger partial charge >= 0.3 is 0 Å². The van der Waals surface area contributed by atoms with Crippen molar-refractivity contribution in [1.29, 1.82) is 0 Å². The SMILES string of the molecule is O=C(Nc1cccc(S[C@@H]2CC(=O)N(c3ccc(I)cc3)C2=O)c1)/C(=C/c1ccc2c(c1)OCO2)NC(=O)c1ccccc1. The van der Waals surface area contributed by atoms with Crippen LogP contribution in [0.1, 0.15) is 22.3 Å². The first kappa shape index (κ1) is 29.5. The van der Waals surface area contributed by atoms with Crippen LogP contribution in [0.3, 0.4) is 0 Å². The molecule has 44 heavy (non-hydrogen) atoms. The molecule has 0 bridgehead atoms. The Kier molecular flexibility index (Phi) is 8.66. The van der Waals surface area contributed by atoms with Crippen LogP contribution >= 0.6 is 34.4 Å². The van der Waals surface area contributed by atoms with Gasteiger partial charge in [-0.15, -0.1) is 11.8 Å². The van der Waals surface area contributed by atoms with Crippen molar-refractivity contribution >= 4 is 75.4 Å². The van der Waals surface area contributed by atoms with Gasteiger partial charge in [0.05, 0.1) is 10.9 Å². The number of anilines is 2. The molecule has 0 radical (unpaired) electrons. The average molecular weight is 718 g/mol. The number of thioether (sulfide) groups is 1. The van der Waals surface area contributed by atoms with Gasteiger partial charge in [0, 0.05) is 26.1 Å². The first-order valence-electron chi connectivity index (χ1n) is 13.5. The van der Waals surface area contributed by atoms with Gasteiger partial charge in [0.1, 0.15) is 5.70 Å². The van der Waals surface area contributed by atoms with Crippen molar-refractivity contribution in [1.82, 2.24) is 5.32 Å². The van der Waals surface area contributed by atoms with Gasteiger partial charge in [-0.05, 0) is 101 Å². The predicted octanol–water partition coefficient (Wildman–Crippen LogP) is 5.85. The van der Waals surface area contributed by atoms with Crippen LogP contribution in [-0.4, -0.2) is 35.7 Å². The van der Waals surface area contributed by atoms with E-state index in [0.29, 0.717) is 38.9 Å². The minimum absolute atomic E-state index is 0.0144. The molecule has 220 valence electrons. The molecule has 0 aliphatic carbocycles. The van der Waals surface area contributed by atoms with Gasteiger partial charge < -0.3 is 20.1 Å². The summed E-state index contributed by atoms with van der Waals surface area (Å²) in [5.74, 6) is -0.401. The summed E-state index contributed by atoms with van der Waals surface area (Å²) in [5, 5.41) is 4.97. The number of amides is 4. The van der Waals surface area contributed by atoms with Crippen molar-refractivity contribution < 1.29 is 28.7 Å². The molecule has 1 atom stereocenters. The molecule has 6 rings (SSSR count). The zero-order valence-electron chi connectivity index (χ0n) is 23.0. The molecule has 2 aliphatic rings. The van der Waals surface area contributed by atoms with Gasteiger partial charge in [0.2, 0.25) is 18.6 Å². The Labute approximate surface area is 270 Å². The number of benzene rings is 4. The Balaban J connectivity index is 1.19. The Morgan fingerprint density at radius 3 is 2.45 bits per heavy atom. The van der Waals surface area contributed by atoms with Crippen LogP contribution in [0, 0.1) is 3.57 Å². The molecule has 2 N–H and O–H groups in total. The van der Waals surface area contributed by atoms with Gasteiger partial charge in [0.15, 0.2) is 11.5 Å². The fourth-order valence-corrected chi connectivity index (χ4v) is 6.15. The summed E-state index contributed by atoms with van der Waals surface area (Å²) >= 11 is 3.43. The van der Waals surface area contributed by atoms with E-state index in [-0.39, 0.29) is 30.7 Å². The fourth-order valence-electron chi connectivity index (χ4n) is 4.68. The third-order valence-electron chi connectivity index (χ3n) is 6.80. The number of halogens is 1. The van der Waals surface area contributed by atoms with Crippen molar-refractivity contribution in [2.24, 2.45) is 0 Å². The zero-order valence-corrected chi connectivity index (χ0v) is 26.0. The fraction of sp³-hybridized carbons (Fsp3) is 0.0909. The van der Waals surface area contributed by atoms with Crippen LogP contribution in [0.5, 0.6) is 11.5 Å². The van der Waals surface area contributed by atoms with Crippen LogP contribution in [0.2, 0.25) is 0 Å². The molecule has 1 fully saturated rings. The van der Waals surface area contributed by atoms with Gasteiger partial charge in [0.25, 0.3) is 11.8 Å². The second-order valence-electron chi connectivity index (χ2n) is 9.83. The molecule has 0 spiro atoms. The number of imide groups is 1. The second-order valence-corrected chi connectivity index (χ2v) is 12.3. The highest BCUT2D eigenvalue weighted by atomic mass is 127. The normalized spacial score (nSPS) is 15.8. The minimum atomic E-state index is -0.598. The van der Waals surface area contributed by atoms with E-state index in [1.807, 2.05) is 18.2 Å². The number of rotatable bonds is 8. The number of carbonyl (C=O) groups is 4. The largest absolute Gasteiger partial charge is 0.454 e. The van der Waals surface area contributed by atoms with Crippen molar-refractivity contribution in [3.63, 3.8) is 0 Å². The molecule has 1 saturated heterocycles. The number of ether oxygens (including phenoxy) is 2. The number of nitrogens with one attached hydrogen (secondary N) is 2. The van der Waals surface area contributed by atoms with Gasteiger partial charge in [-0.25, -0.2) is 4.90 Å². The monoisotopic (exact) mass is 717 g/mol. The van der Waals surface area contributed by atoms with E-state index in [1.54, 1.807) is 84.9 Å². The maximum Gasteiger partial charge on any atom is 0.272 e. The first-order valence-corrected chi connectivity index (χ1v) is 15.5. The number of fused-ring (bicyclic) bond motifs is 1. The molecule has 11 heteroatoms. The lowest BCUT2D eigenvalue weighted by Gasteiger charge is -2.15. The average Bonchev–Trinajstić information content (AvgIpc) is 3.60. The molecule has 0 aromatic heterocycles. The van der Waals surface area contributed by atoms with Crippen LogP contribution in [0.4, 0.5) is 11.4 Å². The number of carbonyl (C=O) groups excluding carboxylic acids is 4. The quantitative estimate of drug-likeness (QED) is 0.134. The molecule has 2 heterocycles. The van der Waals surface area contributed by atoms with Crippen LogP contribution < -0.4 is 25.0 Å². The van der Waals surface area contributed by atoms with Gasteiger partial charge in [-0.1, -0.05) is 30.3 Å². The molecule has 2 aliphatic heterocycles. The van der Waals surface area contributed by atoms with Crippen molar-refractivity contribution in [3.8, 4) is 11.5 Å². The van der Waals surface area contributed by atoms with Crippen molar-refractivity contribution in [3.05, 3.63) is 117 Å². The topological polar surface area (TPSA) is 114 Å². The summed E-state index contributed by atoms with van der Waals surface area (Å²) in [7, 11) is 0. The Morgan fingerprint density at radius 2 is 1.66 bits per heavy atom. The molecule has 9 nitrogen and oxygen atoms in total. The van der Waals surface area contributed by atoms with Crippen LogP contribution in [-0.2, 0) is 14.4 Å². The highest BCUT2D eigenvalue weighted by Crippen LogP contribution is 2.35. The zero-order chi connectivity index (χ0) is 30.6. The van der Waals surface area contributed by atoms with E-state index < -0.39 is 17.1 Å². The summed E-state index contributed by atoms with van der Waals surface area (Å²) in [5.41, 5.74) is 2.03. The highest BCUT2D eigenvalue weighted by Gasteiger charge is 2.40. The summed E-state index contributed by atoms with van der Waals surface area (Å²) in [6, 6.07) is 28.0. The molecular formula is C33H24IN3O6S. The molecular weight excluding hydrogens is 693 g/mol. The van der Waals surface area contributed by atoms with Crippen molar-refractivity contribution in [2.75, 3.05) is 17.0 Å².